The van der Waals surface area contributed by atoms with Crippen LogP contribution in [-0.2, 0) is 11.3 Å². The van der Waals surface area contributed by atoms with Crippen LogP contribution >= 0.6 is 0 Å². The van der Waals surface area contributed by atoms with Gasteiger partial charge in [0, 0.05) is 41.2 Å². The fourth-order valence-corrected chi connectivity index (χ4v) is 3.88. The lowest BCUT2D eigenvalue weighted by Gasteiger charge is -2.17. The van der Waals surface area contributed by atoms with E-state index in [2.05, 4.69) is 15.6 Å². The van der Waals surface area contributed by atoms with Gasteiger partial charge in [-0.2, -0.15) is 0 Å². The second kappa shape index (κ2) is 11.6. The molecule has 0 unspecified atom stereocenters. The summed E-state index contributed by atoms with van der Waals surface area (Å²) in [7, 11) is 1.61. The number of nitro groups is 1. The van der Waals surface area contributed by atoms with E-state index < -0.39 is 28.2 Å². The Labute approximate surface area is 222 Å². The topological polar surface area (TPSA) is 136 Å². The fraction of sp³-hybridized carbons (Fsp3) is 0.143. The van der Waals surface area contributed by atoms with Crippen molar-refractivity contribution in [1.82, 2.24) is 14.9 Å². The summed E-state index contributed by atoms with van der Waals surface area (Å²) in [6, 6.07) is 15.0. The average Bonchev–Trinajstić information content (AvgIpc) is 2.95. The quantitative estimate of drug-likeness (QED) is 0.191. The molecule has 1 atom stereocenters. The molecular formula is C28H24FN5O5. The van der Waals surface area contributed by atoms with E-state index in [1.165, 1.54) is 65.5 Å². The van der Waals surface area contributed by atoms with Gasteiger partial charge in [-0.3, -0.25) is 29.5 Å². The number of benzene rings is 2. The highest BCUT2D eigenvalue weighted by atomic mass is 19.1. The van der Waals surface area contributed by atoms with Gasteiger partial charge in [0.15, 0.2) is 5.78 Å². The molecule has 0 bridgehead atoms. The number of non-ortho nitro benzene ring substituents is 1. The summed E-state index contributed by atoms with van der Waals surface area (Å²) in [5.74, 6) is -1.27. The number of pyridine rings is 2. The number of nitro benzene ring substituents is 1. The molecule has 0 spiro atoms. The summed E-state index contributed by atoms with van der Waals surface area (Å²) in [5, 5.41) is 16.8. The highest BCUT2D eigenvalue weighted by Crippen LogP contribution is 2.25. The van der Waals surface area contributed by atoms with Gasteiger partial charge in [-0.25, -0.2) is 4.39 Å². The van der Waals surface area contributed by atoms with E-state index in [4.69, 9.17) is 0 Å². The van der Waals surface area contributed by atoms with E-state index in [0.29, 0.717) is 16.8 Å². The number of carbonyl (C=O) groups is 2. The van der Waals surface area contributed by atoms with Crippen LogP contribution in [0, 0.1) is 15.9 Å². The van der Waals surface area contributed by atoms with Crippen LogP contribution in [0.2, 0.25) is 0 Å². The van der Waals surface area contributed by atoms with E-state index in [-0.39, 0.29) is 34.8 Å². The summed E-state index contributed by atoms with van der Waals surface area (Å²) in [6.45, 7) is 1.58. The predicted molar refractivity (Wildman–Crippen MR) is 143 cm³/mol. The van der Waals surface area contributed by atoms with Crippen molar-refractivity contribution in [2.75, 3.05) is 12.4 Å². The molecule has 2 heterocycles. The van der Waals surface area contributed by atoms with Gasteiger partial charge >= 0.3 is 0 Å². The Bertz CT molecular complexity index is 1620. The number of nitrogens with one attached hydrogen (secondary N) is 2. The van der Waals surface area contributed by atoms with Gasteiger partial charge in [0.25, 0.3) is 11.2 Å². The molecule has 1 amide bonds. The standard InChI is InChI=1S/C28H24FN5O5/c1-17(30-2)27(36)32-24-10-11-25(20-4-3-5-23(13-20)34(38)39)33(28(24)37)16-18-12-21(15-31-14-18)26(35)19-6-8-22(29)9-7-19/h3-15,17,30H,16H2,1-2H3,(H,32,36)/t17-/m1/s1. The third-order valence-corrected chi connectivity index (χ3v) is 6.12. The first-order chi connectivity index (χ1) is 18.7. The van der Waals surface area contributed by atoms with Crippen LogP contribution in [0.25, 0.3) is 11.3 Å². The van der Waals surface area contributed by atoms with Crippen LogP contribution in [0.4, 0.5) is 15.8 Å². The normalized spacial score (nSPS) is 11.6. The van der Waals surface area contributed by atoms with Crippen molar-refractivity contribution >= 4 is 23.1 Å². The monoisotopic (exact) mass is 529 g/mol. The lowest BCUT2D eigenvalue weighted by Crippen LogP contribution is -2.37. The Balaban J connectivity index is 1.78. The zero-order valence-electron chi connectivity index (χ0n) is 21.1. The molecule has 2 N–H and O–H groups in total. The van der Waals surface area contributed by atoms with Crippen LogP contribution < -0.4 is 16.2 Å². The average molecular weight is 530 g/mol. The maximum atomic E-state index is 13.6. The van der Waals surface area contributed by atoms with Crippen LogP contribution in [0.3, 0.4) is 0 Å². The van der Waals surface area contributed by atoms with Crippen molar-refractivity contribution in [2.45, 2.75) is 19.5 Å². The Morgan fingerprint density at radius 3 is 2.49 bits per heavy atom. The second-order valence-electron chi connectivity index (χ2n) is 8.75. The molecular weight excluding hydrogens is 505 g/mol. The molecule has 0 fully saturated rings. The molecule has 0 saturated heterocycles. The van der Waals surface area contributed by atoms with Crippen LogP contribution in [0.1, 0.15) is 28.4 Å². The van der Waals surface area contributed by atoms with Gasteiger partial charge in [-0.05, 0) is 62.0 Å². The molecule has 0 radical (unpaired) electrons. The molecule has 0 aliphatic heterocycles. The number of amides is 1. The Hall–Kier alpha value is -5.03. The largest absolute Gasteiger partial charge is 0.320 e. The van der Waals surface area contributed by atoms with Crippen molar-refractivity contribution in [3.8, 4) is 11.3 Å². The Morgan fingerprint density at radius 1 is 1.05 bits per heavy atom. The number of likely N-dealkylation sites (N-methyl/N-ethyl adjacent to an activating group) is 1. The van der Waals surface area contributed by atoms with E-state index in [0.717, 1.165) is 0 Å². The SMILES string of the molecule is CN[C@H](C)C(=O)Nc1ccc(-c2cccc([N+](=O)[O-])c2)n(Cc2cncc(C(=O)c3ccc(F)cc3)c2)c1=O. The minimum Gasteiger partial charge on any atom is -0.320 e. The van der Waals surface area contributed by atoms with Crippen LogP contribution in [0.15, 0.2) is 83.9 Å². The Kier molecular flexibility index (Phi) is 8.01. The number of aromatic nitrogens is 2. The van der Waals surface area contributed by atoms with E-state index >= 15 is 0 Å². The first-order valence-electron chi connectivity index (χ1n) is 11.9. The maximum absolute atomic E-state index is 13.6. The molecule has 198 valence electrons. The summed E-state index contributed by atoms with van der Waals surface area (Å²) in [6.07, 6.45) is 2.86. The minimum atomic E-state index is -0.562. The van der Waals surface area contributed by atoms with E-state index in [1.54, 1.807) is 32.2 Å². The second-order valence-corrected chi connectivity index (χ2v) is 8.75. The summed E-state index contributed by atoms with van der Waals surface area (Å²) in [4.78, 5) is 53.9. The van der Waals surface area contributed by atoms with Gasteiger partial charge in [-0.1, -0.05) is 12.1 Å². The lowest BCUT2D eigenvalue weighted by molar-refractivity contribution is -0.384. The van der Waals surface area contributed by atoms with E-state index in [1.807, 2.05) is 0 Å². The number of hydrogen-bond acceptors (Lipinski definition) is 7. The molecule has 4 aromatic rings. The predicted octanol–water partition coefficient (Wildman–Crippen LogP) is 3.78. The number of rotatable bonds is 9. The first-order valence-corrected chi connectivity index (χ1v) is 11.9. The highest BCUT2D eigenvalue weighted by Gasteiger charge is 2.18. The molecule has 0 aliphatic rings. The number of ketones is 1. The van der Waals surface area contributed by atoms with Gasteiger partial charge < -0.3 is 15.2 Å². The highest BCUT2D eigenvalue weighted by molar-refractivity contribution is 6.08. The first kappa shape index (κ1) is 27.0. The molecule has 2 aromatic heterocycles. The molecule has 4 rings (SSSR count). The maximum Gasteiger partial charge on any atom is 0.275 e. The summed E-state index contributed by atoms with van der Waals surface area (Å²) in [5.41, 5.74) is 1.08. The van der Waals surface area contributed by atoms with Gasteiger partial charge in [0.05, 0.1) is 23.2 Å². The van der Waals surface area contributed by atoms with E-state index in [9.17, 15) is 28.9 Å². The summed E-state index contributed by atoms with van der Waals surface area (Å²) >= 11 is 0. The smallest absolute Gasteiger partial charge is 0.275 e. The Morgan fingerprint density at radius 2 is 1.79 bits per heavy atom. The molecule has 11 heteroatoms. The van der Waals surface area contributed by atoms with Gasteiger partial charge in [0.1, 0.15) is 11.5 Å². The van der Waals surface area contributed by atoms with Crippen LogP contribution in [0.5, 0.6) is 0 Å². The molecule has 10 nitrogen and oxygen atoms in total. The van der Waals surface area contributed by atoms with Crippen molar-refractivity contribution in [3.05, 3.63) is 122 Å². The molecule has 0 aliphatic carbocycles. The minimum absolute atomic E-state index is 0.0165. The third-order valence-electron chi connectivity index (χ3n) is 6.12. The fourth-order valence-electron chi connectivity index (χ4n) is 3.88. The third kappa shape index (κ3) is 6.11. The number of carbonyl (C=O) groups excluding carboxylic acids is 2. The van der Waals surface area contributed by atoms with Crippen molar-refractivity contribution in [2.24, 2.45) is 0 Å². The lowest BCUT2D eigenvalue weighted by atomic mass is 10.0. The van der Waals surface area contributed by atoms with Gasteiger partial charge in [-0.15, -0.1) is 0 Å². The zero-order valence-corrected chi connectivity index (χ0v) is 21.1. The number of halogens is 1. The number of hydrogen-bond donors (Lipinski definition) is 2. The zero-order chi connectivity index (χ0) is 28.1. The molecule has 0 saturated carbocycles. The summed E-state index contributed by atoms with van der Waals surface area (Å²) < 4.78 is 14.6. The van der Waals surface area contributed by atoms with Crippen LogP contribution in [-0.4, -0.2) is 39.3 Å². The van der Waals surface area contributed by atoms with Crippen molar-refractivity contribution in [1.29, 1.82) is 0 Å². The van der Waals surface area contributed by atoms with Crippen molar-refractivity contribution in [3.63, 3.8) is 0 Å². The van der Waals surface area contributed by atoms with Crippen molar-refractivity contribution < 1.29 is 18.9 Å². The number of nitrogens with zero attached hydrogens (tertiary/aromatic N) is 3. The van der Waals surface area contributed by atoms with Gasteiger partial charge in [0.2, 0.25) is 5.91 Å². The molecule has 2 aromatic carbocycles. The molecule has 39 heavy (non-hydrogen) atoms. The number of anilines is 1.